The first-order valence-electron chi connectivity index (χ1n) is 13.1. The first-order valence-corrected chi connectivity index (χ1v) is 26.8. The molecule has 2 nitrogen and oxygen atoms in total. The first-order chi connectivity index (χ1) is 17.3. The third kappa shape index (κ3) is 4.42. The molecule has 2 aromatic heterocycles. The minimum Gasteiger partial charge on any atom is -0.147 e. The number of hydrogen-bond acceptors (Lipinski definition) is 2. The van der Waals surface area contributed by atoms with Gasteiger partial charge in [-0.2, -0.15) is 0 Å². The Kier molecular flexibility index (Phi) is 8.15. The smallest absolute Gasteiger partial charge is 0.147 e. The van der Waals surface area contributed by atoms with Crippen molar-refractivity contribution >= 4 is 43.8 Å². The van der Waals surface area contributed by atoms with Crippen molar-refractivity contribution in [2.24, 2.45) is 0 Å². The minimum absolute atomic E-state index is 0. The second-order valence-corrected chi connectivity index (χ2v) is 42.0. The van der Waals surface area contributed by atoms with Gasteiger partial charge in [0.2, 0.25) is 0 Å². The molecule has 0 amide bonds. The van der Waals surface area contributed by atoms with Crippen LogP contribution in [0.4, 0.5) is 0 Å². The van der Waals surface area contributed by atoms with Gasteiger partial charge in [0, 0.05) is 0 Å². The summed E-state index contributed by atoms with van der Waals surface area (Å²) < 4.78 is 18.2. The monoisotopic (exact) mass is 640 g/mol. The molecular formula is C32H36Cl2O2SiZr. The van der Waals surface area contributed by atoms with Crippen molar-refractivity contribution < 1.29 is 26.2 Å². The van der Waals surface area contributed by atoms with Gasteiger partial charge in [0.1, 0.15) is 0 Å². The fraction of sp³-hybridized carbons (Fsp3) is 0.250. The number of hydrogen-bond donors (Lipinski definition) is 0. The van der Waals surface area contributed by atoms with Crippen LogP contribution in [0.3, 0.4) is 0 Å². The van der Waals surface area contributed by atoms with Crippen LogP contribution in [0.15, 0.2) is 93.2 Å². The Morgan fingerprint density at radius 2 is 1.08 bits per heavy atom. The molecule has 0 N–H and O–H groups in total. The molecule has 38 heavy (non-hydrogen) atoms. The summed E-state index contributed by atoms with van der Waals surface area (Å²) in [7, 11) is 0. The summed E-state index contributed by atoms with van der Waals surface area (Å²) in [5.41, 5.74) is 11.4. The molecule has 6 heteroatoms. The quantitative estimate of drug-likeness (QED) is 0.196. The van der Waals surface area contributed by atoms with Crippen molar-refractivity contribution in [2.75, 3.05) is 0 Å². The molecule has 2 heterocycles. The average molecular weight is 643 g/mol. The van der Waals surface area contributed by atoms with Crippen LogP contribution in [0.25, 0.3) is 34.8 Å². The zero-order chi connectivity index (χ0) is 25.1. The molecular weight excluding hydrogens is 607 g/mol. The molecule has 2 aliphatic rings. The van der Waals surface area contributed by atoms with Gasteiger partial charge >= 0.3 is 218 Å². The molecule has 198 valence electrons. The van der Waals surface area contributed by atoms with Crippen LogP contribution in [0.5, 0.6) is 0 Å². The van der Waals surface area contributed by atoms with Gasteiger partial charge in [-0.05, 0) is 0 Å². The summed E-state index contributed by atoms with van der Waals surface area (Å²) in [5.74, 6) is 1.92. The van der Waals surface area contributed by atoms with E-state index in [0.717, 1.165) is 24.4 Å². The maximum absolute atomic E-state index is 5.86. The molecule has 2 aromatic carbocycles. The van der Waals surface area contributed by atoms with E-state index in [-0.39, 0.29) is 24.8 Å². The largest absolute Gasteiger partial charge is 0.147 e. The van der Waals surface area contributed by atoms with E-state index in [9.17, 15) is 0 Å². The number of fused-ring (bicyclic) bond motifs is 2. The summed E-state index contributed by atoms with van der Waals surface area (Å²) in [4.78, 5) is 0. The van der Waals surface area contributed by atoms with E-state index in [1.807, 2.05) is 12.1 Å². The van der Waals surface area contributed by atoms with Crippen LogP contribution in [-0.2, 0) is 17.4 Å². The van der Waals surface area contributed by atoms with Gasteiger partial charge in [-0.1, -0.05) is 0 Å². The first kappa shape index (κ1) is 29.2. The van der Waals surface area contributed by atoms with Gasteiger partial charge in [-0.25, -0.2) is 0 Å². The Morgan fingerprint density at radius 3 is 1.42 bits per heavy atom. The van der Waals surface area contributed by atoms with E-state index in [4.69, 9.17) is 8.83 Å². The average Bonchev–Trinajstić information content (AvgIpc) is 3.67. The molecule has 0 fully saturated rings. The van der Waals surface area contributed by atoms with Crippen molar-refractivity contribution in [1.82, 2.24) is 0 Å². The fourth-order valence-corrected chi connectivity index (χ4v) is 27.4. The van der Waals surface area contributed by atoms with Crippen LogP contribution in [0, 0.1) is 0 Å². The van der Waals surface area contributed by atoms with Gasteiger partial charge < -0.3 is 0 Å². The van der Waals surface area contributed by atoms with Crippen molar-refractivity contribution in [3.8, 4) is 22.6 Å². The third-order valence-electron chi connectivity index (χ3n) is 8.59. The third-order valence-corrected chi connectivity index (χ3v) is 26.1. The topological polar surface area (TPSA) is 26.3 Å². The summed E-state index contributed by atoms with van der Waals surface area (Å²) in [6, 6.07) is 21.8. The zero-order valence-corrected chi connectivity index (χ0v) is 28.0. The van der Waals surface area contributed by atoms with E-state index < -0.39 is 17.4 Å². The van der Waals surface area contributed by atoms with Crippen molar-refractivity contribution in [3.05, 3.63) is 107 Å². The predicted molar refractivity (Wildman–Crippen MR) is 165 cm³/mol. The molecule has 6 rings (SSSR count). The molecule has 0 aliphatic heterocycles. The molecule has 0 spiro atoms. The Balaban J connectivity index is 0.00000168. The predicted octanol–water partition coefficient (Wildman–Crippen LogP) is 9.78. The van der Waals surface area contributed by atoms with E-state index in [0.29, 0.717) is 7.25 Å². The maximum atomic E-state index is 5.86. The fourth-order valence-electron chi connectivity index (χ4n) is 7.24. The molecule has 0 radical (unpaired) electrons. The van der Waals surface area contributed by atoms with Gasteiger partial charge in [-0.15, -0.1) is 24.8 Å². The Hall–Kier alpha value is -1.84. The minimum atomic E-state index is -3.57. The summed E-state index contributed by atoms with van der Waals surface area (Å²) >= 11 is -3.57. The molecule has 2 aliphatic carbocycles. The van der Waals surface area contributed by atoms with Crippen LogP contribution in [0.1, 0.15) is 56.2 Å². The van der Waals surface area contributed by atoms with Gasteiger partial charge in [0.25, 0.3) is 0 Å². The van der Waals surface area contributed by atoms with Crippen molar-refractivity contribution in [2.45, 2.75) is 43.2 Å². The van der Waals surface area contributed by atoms with Gasteiger partial charge in [0.05, 0.1) is 0 Å². The summed E-state index contributed by atoms with van der Waals surface area (Å²) in [5, 5.41) is 0. The van der Waals surface area contributed by atoms with Gasteiger partial charge in [-0.3, -0.25) is 0 Å². The van der Waals surface area contributed by atoms with Crippen LogP contribution in [-0.4, -0.2) is 6.88 Å². The molecule has 2 atom stereocenters. The van der Waals surface area contributed by atoms with Crippen molar-refractivity contribution in [1.29, 1.82) is 0 Å². The number of halogens is 2. The van der Waals surface area contributed by atoms with Crippen LogP contribution < -0.4 is 0 Å². The summed E-state index contributed by atoms with van der Waals surface area (Å²) in [6.07, 6.45) is 10.7. The van der Waals surface area contributed by atoms with Crippen molar-refractivity contribution in [3.63, 3.8) is 0 Å². The molecule has 4 aromatic rings. The van der Waals surface area contributed by atoms with Crippen LogP contribution >= 0.6 is 24.8 Å². The second-order valence-electron chi connectivity index (χ2n) is 11.5. The van der Waals surface area contributed by atoms with Crippen LogP contribution in [0.2, 0.25) is 9.26 Å². The maximum Gasteiger partial charge on any atom is -0.147 e. The normalized spacial score (nSPS) is 18.1. The number of benzene rings is 2. The van der Waals surface area contributed by atoms with E-state index >= 15 is 0 Å². The second kappa shape index (κ2) is 10.6. The Bertz CT molecular complexity index is 1480. The summed E-state index contributed by atoms with van der Waals surface area (Å²) in [6.45, 7) is 7.08. The number of rotatable bonds is 6. The van der Waals surface area contributed by atoms with E-state index in [1.165, 1.54) is 33.4 Å². The molecule has 0 saturated carbocycles. The number of allylic oxidation sites excluding steroid dienone is 2. The SMILES string of the molecule is CCC1=Cc2c(-c3ccco3)cccc2[CH]1[Zr]([CH3])([CH3])(=[SiH2])[CH]1C(CC)=Cc2c(-c3ccco3)cccc21.Cl.Cl. The van der Waals surface area contributed by atoms with E-state index in [1.54, 1.807) is 23.7 Å². The number of furan rings is 2. The Morgan fingerprint density at radius 1 is 0.658 bits per heavy atom. The molecule has 2 unspecified atom stereocenters. The van der Waals surface area contributed by atoms with E-state index in [2.05, 4.69) is 90.7 Å². The molecule has 0 saturated heterocycles. The standard InChI is InChI=1S/2C15H13O.2CH3.2ClH.H2Si.Zr/c2*1-2-11-9-12-5-3-6-13(14(12)10-11)15-7-4-8-16-15;;;;;;/h2*3-10H,2H2,1H3;2*1H3;2*1H;1H2;. The zero-order valence-electron chi connectivity index (χ0n) is 22.5. The Labute approximate surface area is 240 Å². The van der Waals surface area contributed by atoms with Gasteiger partial charge in [0.15, 0.2) is 0 Å². The molecule has 0 bridgehead atoms.